The molecule has 7 nitrogen and oxygen atoms in total. The lowest BCUT2D eigenvalue weighted by Crippen LogP contribution is -2.34. The van der Waals surface area contributed by atoms with E-state index >= 15 is 0 Å². The van der Waals surface area contributed by atoms with Gasteiger partial charge in [-0.3, -0.25) is 4.79 Å². The first-order valence-corrected chi connectivity index (χ1v) is 11.6. The van der Waals surface area contributed by atoms with Crippen molar-refractivity contribution >= 4 is 22.3 Å². The largest absolute Gasteiger partial charge is 0.340 e. The summed E-state index contributed by atoms with van der Waals surface area (Å²) in [6.07, 6.45) is 11.8. The Morgan fingerprint density at radius 3 is 2.45 bits per heavy atom. The van der Waals surface area contributed by atoms with Gasteiger partial charge in [-0.15, -0.1) is 0 Å². The van der Waals surface area contributed by atoms with Gasteiger partial charge in [0.05, 0.1) is 11.1 Å². The normalized spacial score (nSPS) is 17.3. The molecule has 0 bridgehead atoms. The molecule has 4 aromatic rings. The number of nitrogens with one attached hydrogen (secondary N) is 2. The van der Waals surface area contributed by atoms with E-state index in [0.717, 1.165) is 28.4 Å². The van der Waals surface area contributed by atoms with Crippen molar-refractivity contribution in [2.45, 2.75) is 37.6 Å². The quantitative estimate of drug-likeness (QED) is 0.478. The van der Waals surface area contributed by atoms with Crippen LogP contribution in [0, 0.1) is 0 Å². The molecule has 1 aliphatic carbocycles. The number of H-pyrrole nitrogens is 1. The third-order valence-corrected chi connectivity index (χ3v) is 6.85. The molecule has 0 amide bonds. The van der Waals surface area contributed by atoms with Gasteiger partial charge in [0.1, 0.15) is 12.1 Å². The number of benzene rings is 1. The Bertz CT molecular complexity index is 1320. The zero-order valence-corrected chi connectivity index (χ0v) is 18.4. The third-order valence-electron chi connectivity index (χ3n) is 6.85. The summed E-state index contributed by atoms with van der Waals surface area (Å²) < 4.78 is 0. The van der Waals surface area contributed by atoms with Gasteiger partial charge in [0.25, 0.3) is 5.56 Å². The molecule has 0 unspecified atom stereocenters. The molecule has 1 aliphatic heterocycles. The second kappa shape index (κ2) is 8.41. The smallest absolute Gasteiger partial charge is 0.259 e. The zero-order valence-electron chi connectivity index (χ0n) is 18.4. The molecule has 1 saturated carbocycles. The standard InChI is InChI=1S/C26H26N6O/c33-26-24-19(7-10-29-26)13-23(20-14-27-16-28-15-20)31-25(24)30-21-3-1-17(2-4-21)18-8-11-32(12-9-18)22-5-6-22/h1-4,7,10,13-16,18,22H,5-6,8-9,11-12H2,(H,29,33)(H,30,31). The molecule has 0 spiro atoms. The van der Waals surface area contributed by atoms with Crippen molar-refractivity contribution in [1.29, 1.82) is 0 Å². The second-order valence-corrected chi connectivity index (χ2v) is 9.04. The van der Waals surface area contributed by atoms with Gasteiger partial charge in [0, 0.05) is 35.9 Å². The number of likely N-dealkylation sites (tertiary alicyclic amines) is 1. The highest BCUT2D eigenvalue weighted by Gasteiger charge is 2.32. The summed E-state index contributed by atoms with van der Waals surface area (Å²) in [5.74, 6) is 1.15. The lowest BCUT2D eigenvalue weighted by molar-refractivity contribution is 0.203. The predicted octanol–water partition coefficient (Wildman–Crippen LogP) is 4.47. The van der Waals surface area contributed by atoms with E-state index in [9.17, 15) is 4.79 Å². The number of aromatic nitrogens is 4. The van der Waals surface area contributed by atoms with E-state index in [2.05, 4.69) is 49.4 Å². The maximum absolute atomic E-state index is 12.6. The highest BCUT2D eigenvalue weighted by atomic mass is 16.1. The van der Waals surface area contributed by atoms with Crippen molar-refractivity contribution in [2.75, 3.05) is 18.4 Å². The summed E-state index contributed by atoms with van der Waals surface area (Å²) in [6.45, 7) is 2.42. The van der Waals surface area contributed by atoms with Crippen LogP contribution in [0.1, 0.15) is 37.2 Å². The molecule has 6 rings (SSSR count). The number of rotatable bonds is 5. The minimum absolute atomic E-state index is 0.169. The van der Waals surface area contributed by atoms with Crippen molar-refractivity contribution in [3.63, 3.8) is 0 Å². The molecule has 166 valence electrons. The molecule has 7 heteroatoms. The van der Waals surface area contributed by atoms with Crippen LogP contribution >= 0.6 is 0 Å². The fourth-order valence-electron chi connectivity index (χ4n) is 4.90. The molecule has 4 heterocycles. The number of nitrogens with zero attached hydrogens (tertiary/aromatic N) is 4. The molecule has 3 aromatic heterocycles. The Kier molecular flexibility index (Phi) is 5.11. The van der Waals surface area contributed by atoms with Gasteiger partial charge in [-0.25, -0.2) is 15.0 Å². The second-order valence-electron chi connectivity index (χ2n) is 9.04. The number of piperidine rings is 1. The monoisotopic (exact) mass is 438 g/mol. The number of aromatic amines is 1. The first kappa shape index (κ1) is 20.1. The van der Waals surface area contributed by atoms with Crippen molar-refractivity contribution in [3.05, 3.63) is 77.2 Å². The lowest BCUT2D eigenvalue weighted by Gasteiger charge is -2.32. The molecule has 1 saturated heterocycles. The highest BCUT2D eigenvalue weighted by molar-refractivity contribution is 5.95. The van der Waals surface area contributed by atoms with Gasteiger partial charge >= 0.3 is 0 Å². The minimum atomic E-state index is -0.169. The predicted molar refractivity (Wildman–Crippen MR) is 130 cm³/mol. The van der Waals surface area contributed by atoms with Gasteiger partial charge in [-0.2, -0.15) is 0 Å². The van der Waals surface area contributed by atoms with E-state index in [1.54, 1.807) is 18.6 Å². The van der Waals surface area contributed by atoms with Crippen molar-refractivity contribution < 1.29 is 0 Å². The molecule has 0 radical (unpaired) electrons. The van der Waals surface area contributed by atoms with E-state index in [0.29, 0.717) is 17.1 Å². The summed E-state index contributed by atoms with van der Waals surface area (Å²) in [6, 6.07) is 13.2. The topological polar surface area (TPSA) is 86.8 Å². The van der Waals surface area contributed by atoms with E-state index in [1.165, 1.54) is 50.7 Å². The molecule has 1 aromatic carbocycles. The average molecular weight is 439 g/mol. The number of fused-ring (bicyclic) bond motifs is 1. The summed E-state index contributed by atoms with van der Waals surface area (Å²) in [5.41, 5.74) is 3.65. The van der Waals surface area contributed by atoms with Crippen LogP contribution in [0.3, 0.4) is 0 Å². The lowest BCUT2D eigenvalue weighted by atomic mass is 9.89. The SMILES string of the molecule is O=c1[nH]ccc2cc(-c3cncnc3)nc(Nc3ccc(C4CCN(C5CC5)CC4)cc3)c12. The van der Waals surface area contributed by atoms with Crippen LogP contribution in [-0.2, 0) is 0 Å². The van der Waals surface area contributed by atoms with Gasteiger partial charge in [0.15, 0.2) is 0 Å². The maximum atomic E-state index is 12.6. The van der Waals surface area contributed by atoms with Gasteiger partial charge in [-0.05, 0) is 79.9 Å². The van der Waals surface area contributed by atoms with Gasteiger partial charge in [-0.1, -0.05) is 12.1 Å². The van der Waals surface area contributed by atoms with Crippen LogP contribution in [0.15, 0.2) is 66.1 Å². The summed E-state index contributed by atoms with van der Waals surface area (Å²) in [4.78, 5) is 31.0. The maximum Gasteiger partial charge on any atom is 0.259 e. The van der Waals surface area contributed by atoms with E-state index in [1.807, 2.05) is 12.1 Å². The summed E-state index contributed by atoms with van der Waals surface area (Å²) in [7, 11) is 0. The van der Waals surface area contributed by atoms with Crippen LogP contribution in [0.4, 0.5) is 11.5 Å². The van der Waals surface area contributed by atoms with Crippen LogP contribution in [0.2, 0.25) is 0 Å². The van der Waals surface area contributed by atoms with E-state index < -0.39 is 0 Å². The molecule has 33 heavy (non-hydrogen) atoms. The van der Waals surface area contributed by atoms with Gasteiger partial charge < -0.3 is 15.2 Å². The Morgan fingerprint density at radius 2 is 1.73 bits per heavy atom. The van der Waals surface area contributed by atoms with Crippen LogP contribution in [0.5, 0.6) is 0 Å². The molecule has 0 atom stereocenters. The Labute approximate surface area is 191 Å². The molecular formula is C26H26N6O. The summed E-state index contributed by atoms with van der Waals surface area (Å²) in [5, 5.41) is 4.73. The first-order valence-electron chi connectivity index (χ1n) is 11.6. The highest BCUT2D eigenvalue weighted by Crippen LogP contribution is 2.35. The summed E-state index contributed by atoms with van der Waals surface area (Å²) >= 11 is 0. The van der Waals surface area contributed by atoms with Crippen molar-refractivity contribution in [1.82, 2.24) is 24.8 Å². The molecule has 2 N–H and O–H groups in total. The fourth-order valence-corrected chi connectivity index (χ4v) is 4.90. The molecular weight excluding hydrogens is 412 g/mol. The Hall–Kier alpha value is -3.58. The van der Waals surface area contributed by atoms with Crippen molar-refractivity contribution in [3.8, 4) is 11.3 Å². The van der Waals surface area contributed by atoms with Gasteiger partial charge in [0.2, 0.25) is 0 Å². The molecule has 2 fully saturated rings. The number of pyridine rings is 2. The van der Waals surface area contributed by atoms with E-state index in [-0.39, 0.29) is 5.56 Å². The first-order chi connectivity index (χ1) is 16.2. The van der Waals surface area contributed by atoms with Crippen molar-refractivity contribution in [2.24, 2.45) is 0 Å². The minimum Gasteiger partial charge on any atom is -0.340 e. The number of hydrogen-bond donors (Lipinski definition) is 2. The Balaban J connectivity index is 1.27. The average Bonchev–Trinajstić information content (AvgIpc) is 3.71. The third kappa shape index (κ3) is 4.12. The van der Waals surface area contributed by atoms with E-state index in [4.69, 9.17) is 4.98 Å². The number of hydrogen-bond acceptors (Lipinski definition) is 6. The fraction of sp³-hybridized carbons (Fsp3) is 0.308. The zero-order chi connectivity index (χ0) is 22.2. The Morgan fingerprint density at radius 1 is 0.970 bits per heavy atom. The van der Waals surface area contributed by atoms with Crippen LogP contribution in [0.25, 0.3) is 22.0 Å². The molecule has 2 aliphatic rings. The van der Waals surface area contributed by atoms with Crippen LogP contribution < -0.4 is 10.9 Å². The number of anilines is 2. The van der Waals surface area contributed by atoms with Crippen LogP contribution in [-0.4, -0.2) is 44.0 Å².